The molecule has 0 aromatic heterocycles. The standard InChI is InChI=1S/C8H14N2OS/c1-11-5-2-3-7-6(4-5)8(9)10-12-7/h5-7H,2-4H2,1H3,(H2,9,10). The van der Waals surface area contributed by atoms with E-state index in [1.54, 1.807) is 19.1 Å². The average Bonchev–Trinajstić information content (AvgIpc) is 2.47. The van der Waals surface area contributed by atoms with E-state index in [4.69, 9.17) is 10.5 Å². The first-order valence-electron chi connectivity index (χ1n) is 4.33. The van der Waals surface area contributed by atoms with Crippen LogP contribution in [0.4, 0.5) is 0 Å². The summed E-state index contributed by atoms with van der Waals surface area (Å²) in [6.07, 6.45) is 3.81. The molecule has 0 bridgehead atoms. The molecular weight excluding hydrogens is 172 g/mol. The van der Waals surface area contributed by atoms with Gasteiger partial charge in [-0.15, -0.1) is 0 Å². The lowest BCUT2D eigenvalue weighted by molar-refractivity contribution is 0.0639. The molecule has 1 aliphatic carbocycles. The zero-order valence-corrected chi connectivity index (χ0v) is 8.01. The van der Waals surface area contributed by atoms with E-state index in [0.29, 0.717) is 17.3 Å². The second-order valence-corrected chi connectivity index (χ2v) is 4.44. The Balaban J connectivity index is 2.01. The van der Waals surface area contributed by atoms with E-state index in [1.807, 2.05) is 0 Å². The lowest BCUT2D eigenvalue weighted by Crippen LogP contribution is -2.35. The lowest BCUT2D eigenvalue weighted by atomic mass is 9.86. The van der Waals surface area contributed by atoms with Crippen LogP contribution in [-0.2, 0) is 4.74 Å². The molecule has 0 aromatic rings. The minimum absolute atomic E-state index is 0.402. The summed E-state index contributed by atoms with van der Waals surface area (Å²) in [5, 5.41) is 0.636. The van der Waals surface area contributed by atoms with E-state index in [9.17, 15) is 0 Å². The molecule has 3 unspecified atom stereocenters. The van der Waals surface area contributed by atoms with Crippen LogP contribution in [0.5, 0.6) is 0 Å². The summed E-state index contributed by atoms with van der Waals surface area (Å²) in [5.74, 6) is 1.31. The summed E-state index contributed by atoms with van der Waals surface area (Å²) < 4.78 is 9.53. The first-order chi connectivity index (χ1) is 5.81. The van der Waals surface area contributed by atoms with Crippen molar-refractivity contribution in [1.82, 2.24) is 0 Å². The average molecular weight is 186 g/mol. The molecule has 1 heterocycles. The van der Waals surface area contributed by atoms with Gasteiger partial charge in [-0.3, -0.25) is 0 Å². The molecule has 0 amide bonds. The highest BCUT2D eigenvalue weighted by atomic mass is 32.2. The molecule has 2 N–H and O–H groups in total. The van der Waals surface area contributed by atoms with Gasteiger partial charge in [0.05, 0.1) is 6.10 Å². The van der Waals surface area contributed by atoms with E-state index >= 15 is 0 Å². The van der Waals surface area contributed by atoms with Crippen molar-refractivity contribution in [3.63, 3.8) is 0 Å². The Kier molecular flexibility index (Phi) is 2.28. The molecular formula is C8H14N2OS. The SMILES string of the molecule is COC1CCC2SN=C(N)C2C1. The molecule has 0 radical (unpaired) electrons. The quantitative estimate of drug-likeness (QED) is 0.626. The zero-order valence-electron chi connectivity index (χ0n) is 7.19. The van der Waals surface area contributed by atoms with Crippen LogP contribution in [0.2, 0.25) is 0 Å². The molecule has 1 aliphatic heterocycles. The molecule has 0 aromatic carbocycles. The van der Waals surface area contributed by atoms with Crippen molar-refractivity contribution >= 4 is 17.8 Å². The highest BCUT2D eigenvalue weighted by Gasteiger charge is 2.37. The molecule has 4 heteroatoms. The molecule has 1 saturated carbocycles. The highest BCUT2D eigenvalue weighted by molar-refractivity contribution is 7.99. The van der Waals surface area contributed by atoms with Crippen LogP contribution in [0, 0.1) is 5.92 Å². The minimum atomic E-state index is 0.402. The summed E-state index contributed by atoms with van der Waals surface area (Å²) in [4.78, 5) is 0. The third-order valence-corrected chi connectivity index (χ3v) is 3.90. The van der Waals surface area contributed by atoms with Crippen LogP contribution in [-0.4, -0.2) is 24.3 Å². The highest BCUT2D eigenvalue weighted by Crippen LogP contribution is 2.39. The molecule has 12 heavy (non-hydrogen) atoms. The molecule has 3 atom stereocenters. The smallest absolute Gasteiger partial charge is 0.112 e. The summed E-state index contributed by atoms with van der Waals surface area (Å²) in [5.41, 5.74) is 5.78. The van der Waals surface area contributed by atoms with Crippen molar-refractivity contribution in [3.05, 3.63) is 0 Å². The molecule has 0 saturated heterocycles. The van der Waals surface area contributed by atoms with Crippen LogP contribution < -0.4 is 5.73 Å². The van der Waals surface area contributed by atoms with Gasteiger partial charge >= 0.3 is 0 Å². The second-order valence-electron chi connectivity index (χ2n) is 3.44. The van der Waals surface area contributed by atoms with Crippen molar-refractivity contribution in [2.24, 2.45) is 16.0 Å². The Bertz CT molecular complexity index is 207. The normalized spacial score (nSPS) is 40.8. The number of ether oxygens (including phenoxy) is 1. The Morgan fingerprint density at radius 1 is 1.58 bits per heavy atom. The first-order valence-corrected chi connectivity index (χ1v) is 5.17. The Morgan fingerprint density at radius 3 is 3.17 bits per heavy atom. The number of hydrogen-bond donors (Lipinski definition) is 1. The van der Waals surface area contributed by atoms with E-state index < -0.39 is 0 Å². The number of amidine groups is 1. The first kappa shape index (κ1) is 8.38. The molecule has 68 valence electrons. The van der Waals surface area contributed by atoms with Gasteiger partial charge in [0.2, 0.25) is 0 Å². The zero-order chi connectivity index (χ0) is 8.55. The third-order valence-electron chi connectivity index (χ3n) is 2.75. The molecule has 2 aliphatic rings. The van der Waals surface area contributed by atoms with Gasteiger partial charge in [-0.25, -0.2) is 4.40 Å². The second kappa shape index (κ2) is 3.26. The Hall–Kier alpha value is -0.220. The number of nitrogens with two attached hydrogens (primary N) is 1. The van der Waals surface area contributed by atoms with E-state index in [0.717, 1.165) is 18.7 Å². The topological polar surface area (TPSA) is 47.6 Å². The summed E-state index contributed by atoms with van der Waals surface area (Å²) >= 11 is 1.65. The maximum Gasteiger partial charge on any atom is 0.112 e. The third kappa shape index (κ3) is 1.33. The van der Waals surface area contributed by atoms with Crippen molar-refractivity contribution in [2.75, 3.05) is 7.11 Å². The largest absolute Gasteiger partial charge is 0.386 e. The maximum atomic E-state index is 5.78. The van der Waals surface area contributed by atoms with E-state index in [1.165, 1.54) is 6.42 Å². The summed E-state index contributed by atoms with van der Waals surface area (Å²) in [6.45, 7) is 0. The number of methoxy groups -OCH3 is 1. The number of hydrogen-bond acceptors (Lipinski definition) is 4. The number of fused-ring (bicyclic) bond motifs is 1. The Labute approximate surface area is 76.9 Å². The van der Waals surface area contributed by atoms with Gasteiger partial charge in [0, 0.05) is 18.3 Å². The minimum Gasteiger partial charge on any atom is -0.386 e. The van der Waals surface area contributed by atoms with Crippen molar-refractivity contribution < 1.29 is 4.74 Å². The molecule has 2 rings (SSSR count). The van der Waals surface area contributed by atoms with E-state index in [2.05, 4.69) is 4.40 Å². The van der Waals surface area contributed by atoms with Crippen LogP contribution in [0.3, 0.4) is 0 Å². The van der Waals surface area contributed by atoms with Crippen LogP contribution in [0.1, 0.15) is 19.3 Å². The van der Waals surface area contributed by atoms with E-state index in [-0.39, 0.29) is 0 Å². The van der Waals surface area contributed by atoms with Gasteiger partial charge in [-0.05, 0) is 31.2 Å². The van der Waals surface area contributed by atoms with Gasteiger partial charge in [0.1, 0.15) is 5.84 Å². The molecule has 3 nitrogen and oxygen atoms in total. The van der Waals surface area contributed by atoms with Crippen LogP contribution in [0.25, 0.3) is 0 Å². The van der Waals surface area contributed by atoms with Gasteiger partial charge < -0.3 is 10.5 Å². The van der Waals surface area contributed by atoms with Gasteiger partial charge in [0.15, 0.2) is 0 Å². The van der Waals surface area contributed by atoms with Gasteiger partial charge in [0.25, 0.3) is 0 Å². The van der Waals surface area contributed by atoms with Crippen LogP contribution in [0.15, 0.2) is 4.40 Å². The van der Waals surface area contributed by atoms with Crippen molar-refractivity contribution in [1.29, 1.82) is 0 Å². The number of nitrogens with zero attached hydrogens (tertiary/aromatic N) is 1. The molecule has 1 fully saturated rings. The fraction of sp³-hybridized carbons (Fsp3) is 0.875. The molecule has 0 spiro atoms. The fourth-order valence-electron chi connectivity index (χ4n) is 1.95. The lowest BCUT2D eigenvalue weighted by Gasteiger charge is -2.29. The van der Waals surface area contributed by atoms with Gasteiger partial charge in [-0.2, -0.15) is 0 Å². The number of rotatable bonds is 1. The van der Waals surface area contributed by atoms with Crippen molar-refractivity contribution in [2.45, 2.75) is 30.6 Å². The predicted octanol–water partition coefficient (Wildman–Crippen LogP) is 1.19. The Morgan fingerprint density at radius 2 is 2.42 bits per heavy atom. The van der Waals surface area contributed by atoms with Crippen LogP contribution >= 0.6 is 11.9 Å². The monoisotopic (exact) mass is 186 g/mol. The maximum absolute atomic E-state index is 5.78. The summed E-state index contributed by atoms with van der Waals surface area (Å²) in [7, 11) is 1.78. The van der Waals surface area contributed by atoms with Crippen molar-refractivity contribution in [3.8, 4) is 0 Å². The predicted molar refractivity (Wildman–Crippen MR) is 51.1 cm³/mol. The summed E-state index contributed by atoms with van der Waals surface area (Å²) in [6, 6.07) is 0. The fourth-order valence-corrected chi connectivity index (χ4v) is 2.98. The van der Waals surface area contributed by atoms with Gasteiger partial charge in [-0.1, -0.05) is 0 Å².